The van der Waals surface area contributed by atoms with Gasteiger partial charge in [0.25, 0.3) is 0 Å². The summed E-state index contributed by atoms with van der Waals surface area (Å²) in [6.45, 7) is 7.19. The Hall–Kier alpha value is 0.200. The van der Waals surface area contributed by atoms with Crippen molar-refractivity contribution in [1.82, 2.24) is 4.31 Å². The molecule has 0 amide bonds. The molecule has 1 unspecified atom stereocenters. The van der Waals surface area contributed by atoms with Gasteiger partial charge in [-0.1, -0.05) is 20.8 Å². The number of alkyl halides is 1. The molecule has 1 aliphatic rings. The molecule has 0 aromatic heterocycles. The maximum Gasteiger partial charge on any atom is 0.214 e. The van der Waals surface area contributed by atoms with Gasteiger partial charge in [-0.3, -0.25) is 0 Å². The highest BCUT2D eigenvalue weighted by atomic mass is 35.5. The second-order valence-electron chi connectivity index (χ2n) is 5.81. The lowest BCUT2D eigenvalue weighted by Gasteiger charge is -2.23. The molecule has 0 bridgehead atoms. The van der Waals surface area contributed by atoms with Crippen molar-refractivity contribution in [2.75, 3.05) is 24.7 Å². The van der Waals surface area contributed by atoms with Gasteiger partial charge < -0.3 is 0 Å². The third-order valence-corrected chi connectivity index (χ3v) is 5.34. The van der Waals surface area contributed by atoms with Crippen LogP contribution in [0.25, 0.3) is 0 Å². The fourth-order valence-corrected chi connectivity index (χ4v) is 4.49. The van der Waals surface area contributed by atoms with E-state index < -0.39 is 10.0 Å². The molecule has 1 atom stereocenters. The zero-order chi connectivity index (χ0) is 12.4. The summed E-state index contributed by atoms with van der Waals surface area (Å²) in [7, 11) is -3.08. The molecule has 0 aromatic rings. The van der Waals surface area contributed by atoms with Crippen molar-refractivity contribution in [1.29, 1.82) is 0 Å². The van der Waals surface area contributed by atoms with Crippen molar-refractivity contribution in [3.8, 4) is 0 Å². The van der Waals surface area contributed by atoms with E-state index in [1.54, 1.807) is 4.31 Å². The molecule has 0 radical (unpaired) electrons. The van der Waals surface area contributed by atoms with Crippen LogP contribution < -0.4 is 0 Å². The van der Waals surface area contributed by atoms with Gasteiger partial charge in [0.1, 0.15) is 0 Å². The number of nitrogens with zero attached hydrogens (tertiary/aromatic N) is 1. The van der Waals surface area contributed by atoms with Crippen molar-refractivity contribution < 1.29 is 8.42 Å². The Morgan fingerprint density at radius 3 is 2.50 bits per heavy atom. The van der Waals surface area contributed by atoms with Gasteiger partial charge in [-0.2, -0.15) is 0 Å². The molecule has 1 heterocycles. The number of hydrogen-bond donors (Lipinski definition) is 0. The van der Waals surface area contributed by atoms with Crippen molar-refractivity contribution in [3.63, 3.8) is 0 Å². The topological polar surface area (TPSA) is 37.4 Å². The zero-order valence-corrected chi connectivity index (χ0v) is 11.9. The van der Waals surface area contributed by atoms with E-state index >= 15 is 0 Å². The van der Waals surface area contributed by atoms with E-state index in [0.717, 1.165) is 12.8 Å². The number of hydrogen-bond acceptors (Lipinski definition) is 2. The van der Waals surface area contributed by atoms with Crippen LogP contribution >= 0.6 is 11.6 Å². The van der Waals surface area contributed by atoms with Gasteiger partial charge >= 0.3 is 0 Å². The summed E-state index contributed by atoms with van der Waals surface area (Å²) in [5, 5.41) is 0. The molecule has 3 nitrogen and oxygen atoms in total. The Bertz CT molecular complexity index is 321. The van der Waals surface area contributed by atoms with Gasteiger partial charge in [-0.15, -0.1) is 11.6 Å². The van der Waals surface area contributed by atoms with Crippen LogP contribution in [-0.2, 0) is 10.0 Å². The van der Waals surface area contributed by atoms with Crippen LogP contribution in [0.4, 0.5) is 0 Å². The van der Waals surface area contributed by atoms with E-state index in [1.807, 2.05) is 20.8 Å². The van der Waals surface area contributed by atoms with Crippen molar-refractivity contribution in [2.45, 2.75) is 33.6 Å². The summed E-state index contributed by atoms with van der Waals surface area (Å²) in [6, 6.07) is 0. The minimum Gasteiger partial charge on any atom is -0.212 e. The molecule has 0 saturated carbocycles. The van der Waals surface area contributed by atoms with Gasteiger partial charge in [-0.25, -0.2) is 12.7 Å². The van der Waals surface area contributed by atoms with E-state index in [2.05, 4.69) is 0 Å². The molecule has 0 spiro atoms. The molecule has 1 aliphatic heterocycles. The molecule has 5 heteroatoms. The molecular formula is C11H22ClNO2S. The summed E-state index contributed by atoms with van der Waals surface area (Å²) in [4.78, 5) is 0. The lowest BCUT2D eigenvalue weighted by molar-refractivity contribution is 0.415. The molecule has 1 rings (SSSR count). The van der Waals surface area contributed by atoms with Crippen molar-refractivity contribution >= 4 is 21.6 Å². The Kier molecular flexibility index (Phi) is 4.66. The molecule has 0 aromatic carbocycles. The van der Waals surface area contributed by atoms with Gasteiger partial charge in [0.05, 0.1) is 5.75 Å². The highest BCUT2D eigenvalue weighted by Crippen LogP contribution is 2.26. The van der Waals surface area contributed by atoms with Crippen molar-refractivity contribution in [2.24, 2.45) is 11.3 Å². The van der Waals surface area contributed by atoms with E-state index in [9.17, 15) is 8.42 Å². The Labute approximate surface area is 104 Å². The predicted molar refractivity (Wildman–Crippen MR) is 68.3 cm³/mol. The Balaban J connectivity index is 2.59. The number of halogens is 1. The summed E-state index contributed by atoms with van der Waals surface area (Å²) in [5.74, 6) is 1.30. The summed E-state index contributed by atoms with van der Waals surface area (Å²) >= 11 is 5.68. The zero-order valence-electron chi connectivity index (χ0n) is 10.4. The first-order valence-corrected chi connectivity index (χ1v) is 7.93. The molecular weight excluding hydrogens is 246 g/mol. The fourth-order valence-electron chi connectivity index (χ4n) is 2.08. The summed E-state index contributed by atoms with van der Waals surface area (Å²) in [5.41, 5.74) is -0.177. The third kappa shape index (κ3) is 4.22. The highest BCUT2D eigenvalue weighted by molar-refractivity contribution is 7.89. The second-order valence-corrected chi connectivity index (χ2v) is 8.15. The maximum absolute atomic E-state index is 12.1. The monoisotopic (exact) mass is 267 g/mol. The lowest BCUT2D eigenvalue weighted by atomic mass is 10.0. The van der Waals surface area contributed by atoms with Crippen LogP contribution in [0.1, 0.15) is 33.6 Å². The number of sulfonamides is 1. The van der Waals surface area contributed by atoms with Crippen LogP contribution in [0.5, 0.6) is 0 Å². The van der Waals surface area contributed by atoms with Crippen LogP contribution in [0.2, 0.25) is 0 Å². The largest absolute Gasteiger partial charge is 0.214 e. The quantitative estimate of drug-likeness (QED) is 0.733. The van der Waals surface area contributed by atoms with Gasteiger partial charge in [0.2, 0.25) is 10.0 Å². The minimum absolute atomic E-state index is 0.177. The average Bonchev–Trinajstić information content (AvgIpc) is 2.49. The summed E-state index contributed by atoms with van der Waals surface area (Å²) in [6.07, 6.45) is 1.87. The van der Waals surface area contributed by atoms with Crippen molar-refractivity contribution in [3.05, 3.63) is 0 Å². The van der Waals surface area contributed by atoms with E-state index in [0.29, 0.717) is 24.9 Å². The Morgan fingerprint density at radius 2 is 2.00 bits per heavy atom. The minimum atomic E-state index is -3.08. The molecule has 1 fully saturated rings. The van der Waals surface area contributed by atoms with Crippen LogP contribution in [0.3, 0.4) is 0 Å². The lowest BCUT2D eigenvalue weighted by Crippen LogP contribution is -2.35. The molecule has 0 aliphatic carbocycles. The van der Waals surface area contributed by atoms with Crippen LogP contribution in [-0.4, -0.2) is 37.4 Å². The molecule has 0 N–H and O–H groups in total. The SMILES string of the molecule is CC(C)(C)CS(=O)(=O)N1CCC(CCCl)C1. The molecule has 96 valence electrons. The summed E-state index contributed by atoms with van der Waals surface area (Å²) < 4.78 is 25.8. The normalized spacial score (nSPS) is 23.9. The predicted octanol–water partition coefficient (Wildman–Crippen LogP) is 2.31. The van der Waals surface area contributed by atoms with E-state index in [4.69, 9.17) is 11.6 Å². The van der Waals surface area contributed by atoms with E-state index in [-0.39, 0.29) is 11.2 Å². The van der Waals surface area contributed by atoms with Gasteiger partial charge in [0, 0.05) is 19.0 Å². The average molecular weight is 268 g/mol. The number of rotatable bonds is 4. The van der Waals surface area contributed by atoms with Gasteiger partial charge in [-0.05, 0) is 24.2 Å². The molecule has 16 heavy (non-hydrogen) atoms. The maximum atomic E-state index is 12.1. The second kappa shape index (κ2) is 5.23. The first kappa shape index (κ1) is 14.3. The van der Waals surface area contributed by atoms with Crippen LogP contribution in [0.15, 0.2) is 0 Å². The first-order chi connectivity index (χ1) is 7.24. The standard InChI is InChI=1S/C11H22ClNO2S/c1-11(2,3)9-16(14,15)13-7-5-10(8-13)4-6-12/h10H,4-9H2,1-3H3. The first-order valence-electron chi connectivity index (χ1n) is 5.78. The van der Waals surface area contributed by atoms with Crippen LogP contribution in [0, 0.1) is 11.3 Å². The fraction of sp³-hybridized carbons (Fsp3) is 1.00. The smallest absolute Gasteiger partial charge is 0.212 e. The third-order valence-electron chi connectivity index (χ3n) is 2.77. The van der Waals surface area contributed by atoms with E-state index in [1.165, 1.54) is 0 Å². The highest BCUT2D eigenvalue weighted by Gasteiger charge is 2.33. The van der Waals surface area contributed by atoms with Gasteiger partial charge in [0.15, 0.2) is 0 Å². The molecule has 1 saturated heterocycles. The Morgan fingerprint density at radius 1 is 1.38 bits per heavy atom.